The fourth-order valence-electron chi connectivity index (χ4n) is 4.05. The molecule has 0 atom stereocenters. The molecule has 0 N–H and O–H groups in total. The SMILES string of the molecule is COc1ccc(Oc2nc(-c3ccc(OC)cc3)ncc2C(=O)N(C)C2CCCCC2)cc1. The summed E-state index contributed by atoms with van der Waals surface area (Å²) in [5, 5.41) is 0. The number of carbonyl (C=O) groups is 1. The minimum absolute atomic E-state index is 0.133. The van der Waals surface area contributed by atoms with Gasteiger partial charge in [-0.05, 0) is 61.4 Å². The van der Waals surface area contributed by atoms with Crippen LogP contribution in [0.3, 0.4) is 0 Å². The highest BCUT2D eigenvalue weighted by Gasteiger charge is 2.27. The Bertz CT molecular complexity index is 1080. The number of aromatic nitrogens is 2. The van der Waals surface area contributed by atoms with Crippen LogP contribution in [0, 0.1) is 0 Å². The number of nitrogens with zero attached hydrogens (tertiary/aromatic N) is 3. The van der Waals surface area contributed by atoms with Gasteiger partial charge in [-0.2, -0.15) is 4.98 Å². The van der Waals surface area contributed by atoms with E-state index in [-0.39, 0.29) is 17.8 Å². The molecule has 2 aromatic carbocycles. The Kier molecular flexibility index (Phi) is 7.07. The van der Waals surface area contributed by atoms with E-state index in [2.05, 4.69) is 9.97 Å². The van der Waals surface area contributed by atoms with Gasteiger partial charge >= 0.3 is 0 Å². The van der Waals surface area contributed by atoms with Crippen molar-refractivity contribution in [1.82, 2.24) is 14.9 Å². The van der Waals surface area contributed by atoms with Crippen LogP contribution >= 0.6 is 0 Å². The van der Waals surface area contributed by atoms with E-state index in [4.69, 9.17) is 14.2 Å². The summed E-state index contributed by atoms with van der Waals surface area (Å²) in [6.45, 7) is 0. The molecule has 1 aromatic heterocycles. The maximum Gasteiger partial charge on any atom is 0.260 e. The highest BCUT2D eigenvalue weighted by atomic mass is 16.5. The lowest BCUT2D eigenvalue weighted by Gasteiger charge is -2.31. The van der Waals surface area contributed by atoms with Crippen LogP contribution in [-0.4, -0.2) is 48.1 Å². The third-order valence-electron chi connectivity index (χ3n) is 6.05. The smallest absolute Gasteiger partial charge is 0.260 e. The van der Waals surface area contributed by atoms with E-state index in [1.807, 2.05) is 36.2 Å². The van der Waals surface area contributed by atoms with Crippen LogP contribution in [0.2, 0.25) is 0 Å². The number of carbonyl (C=O) groups excluding carboxylic acids is 1. The molecule has 0 bridgehead atoms. The van der Waals surface area contributed by atoms with E-state index in [0.29, 0.717) is 17.1 Å². The van der Waals surface area contributed by atoms with Crippen LogP contribution in [0.25, 0.3) is 11.4 Å². The van der Waals surface area contributed by atoms with Gasteiger partial charge in [0.2, 0.25) is 5.88 Å². The molecule has 1 aliphatic rings. The molecule has 1 saturated carbocycles. The average molecular weight is 448 g/mol. The highest BCUT2D eigenvalue weighted by molar-refractivity contribution is 5.96. The van der Waals surface area contributed by atoms with Gasteiger partial charge in [-0.25, -0.2) is 4.98 Å². The maximum absolute atomic E-state index is 13.4. The van der Waals surface area contributed by atoms with Crippen molar-refractivity contribution in [3.05, 3.63) is 60.3 Å². The Morgan fingerprint density at radius 1 is 0.879 bits per heavy atom. The lowest BCUT2D eigenvalue weighted by molar-refractivity contribution is 0.0692. The lowest BCUT2D eigenvalue weighted by Crippen LogP contribution is -2.38. The molecule has 1 fully saturated rings. The maximum atomic E-state index is 13.4. The summed E-state index contributed by atoms with van der Waals surface area (Å²) in [6, 6.07) is 14.8. The van der Waals surface area contributed by atoms with Gasteiger partial charge in [-0.15, -0.1) is 0 Å². The van der Waals surface area contributed by atoms with E-state index >= 15 is 0 Å². The van der Waals surface area contributed by atoms with Crippen molar-refractivity contribution in [2.45, 2.75) is 38.1 Å². The van der Waals surface area contributed by atoms with Crippen LogP contribution in [-0.2, 0) is 0 Å². The summed E-state index contributed by atoms with van der Waals surface area (Å²) >= 11 is 0. The fourth-order valence-corrected chi connectivity index (χ4v) is 4.05. The molecule has 4 rings (SSSR count). The predicted molar refractivity (Wildman–Crippen MR) is 126 cm³/mol. The van der Waals surface area contributed by atoms with Crippen molar-refractivity contribution in [2.75, 3.05) is 21.3 Å². The summed E-state index contributed by atoms with van der Waals surface area (Å²) in [5.74, 6) is 2.59. The number of rotatable bonds is 7. The van der Waals surface area contributed by atoms with Gasteiger partial charge in [-0.1, -0.05) is 19.3 Å². The Balaban J connectivity index is 1.68. The predicted octanol–water partition coefficient (Wildman–Crippen LogP) is 5.36. The van der Waals surface area contributed by atoms with Gasteiger partial charge in [-0.3, -0.25) is 4.79 Å². The zero-order valence-corrected chi connectivity index (χ0v) is 19.3. The first-order chi connectivity index (χ1) is 16.1. The van der Waals surface area contributed by atoms with E-state index < -0.39 is 0 Å². The minimum Gasteiger partial charge on any atom is -0.497 e. The molecule has 33 heavy (non-hydrogen) atoms. The molecular formula is C26H29N3O4. The monoisotopic (exact) mass is 447 g/mol. The molecule has 7 heteroatoms. The second kappa shape index (κ2) is 10.3. The standard InChI is InChI=1S/C26H29N3O4/c1-29(19-7-5-4-6-8-19)26(30)23-17-27-24(18-9-11-20(31-2)12-10-18)28-25(23)33-22-15-13-21(32-3)14-16-22/h9-17,19H,4-8H2,1-3H3. The summed E-state index contributed by atoms with van der Waals surface area (Å²) < 4.78 is 16.6. The first kappa shape index (κ1) is 22.6. The average Bonchev–Trinajstić information content (AvgIpc) is 2.89. The molecule has 0 saturated heterocycles. The van der Waals surface area contributed by atoms with Gasteiger partial charge in [0, 0.05) is 24.8 Å². The van der Waals surface area contributed by atoms with E-state index in [1.165, 1.54) is 6.42 Å². The summed E-state index contributed by atoms with van der Waals surface area (Å²) in [5.41, 5.74) is 1.14. The Hall–Kier alpha value is -3.61. The van der Waals surface area contributed by atoms with Gasteiger partial charge in [0.25, 0.3) is 5.91 Å². The van der Waals surface area contributed by atoms with Crippen LogP contribution in [0.15, 0.2) is 54.7 Å². The molecule has 0 radical (unpaired) electrons. The number of amides is 1. The quantitative estimate of drug-likeness (QED) is 0.486. The first-order valence-electron chi connectivity index (χ1n) is 11.2. The van der Waals surface area contributed by atoms with Crippen molar-refractivity contribution in [2.24, 2.45) is 0 Å². The van der Waals surface area contributed by atoms with Crippen molar-refractivity contribution >= 4 is 5.91 Å². The Labute approximate surface area is 194 Å². The van der Waals surface area contributed by atoms with Crippen molar-refractivity contribution < 1.29 is 19.0 Å². The minimum atomic E-state index is -0.133. The second-order valence-corrected chi connectivity index (χ2v) is 8.13. The molecule has 0 spiro atoms. The van der Waals surface area contributed by atoms with Gasteiger partial charge < -0.3 is 19.1 Å². The van der Waals surface area contributed by atoms with Gasteiger partial charge in [0.15, 0.2) is 5.82 Å². The number of methoxy groups -OCH3 is 2. The molecule has 172 valence electrons. The third-order valence-corrected chi connectivity index (χ3v) is 6.05. The number of hydrogen-bond donors (Lipinski definition) is 0. The van der Waals surface area contributed by atoms with Gasteiger partial charge in [0.1, 0.15) is 22.8 Å². The second-order valence-electron chi connectivity index (χ2n) is 8.13. The lowest BCUT2D eigenvalue weighted by atomic mass is 9.94. The van der Waals surface area contributed by atoms with Crippen LogP contribution in [0.5, 0.6) is 23.1 Å². The molecule has 3 aromatic rings. The van der Waals surface area contributed by atoms with Crippen LogP contribution in [0.1, 0.15) is 42.5 Å². The molecule has 1 aliphatic carbocycles. The summed E-state index contributed by atoms with van der Waals surface area (Å²) in [7, 11) is 5.08. The number of ether oxygens (including phenoxy) is 3. The zero-order chi connectivity index (χ0) is 23.2. The van der Waals surface area contributed by atoms with Crippen molar-refractivity contribution in [3.63, 3.8) is 0 Å². The van der Waals surface area contributed by atoms with Crippen molar-refractivity contribution in [1.29, 1.82) is 0 Å². The summed E-state index contributed by atoms with van der Waals surface area (Å²) in [4.78, 5) is 24.3. The third kappa shape index (κ3) is 5.25. The fraction of sp³-hybridized carbons (Fsp3) is 0.346. The zero-order valence-electron chi connectivity index (χ0n) is 19.3. The molecule has 0 aliphatic heterocycles. The molecule has 1 heterocycles. The van der Waals surface area contributed by atoms with Crippen molar-refractivity contribution in [3.8, 4) is 34.5 Å². The van der Waals surface area contributed by atoms with E-state index in [1.54, 1.807) is 44.7 Å². The van der Waals surface area contributed by atoms with Crippen LogP contribution < -0.4 is 14.2 Å². The topological polar surface area (TPSA) is 73.8 Å². The van der Waals surface area contributed by atoms with E-state index in [0.717, 1.165) is 42.7 Å². The highest BCUT2D eigenvalue weighted by Crippen LogP contribution is 2.30. The molecular weight excluding hydrogens is 418 g/mol. The number of hydrogen-bond acceptors (Lipinski definition) is 6. The Morgan fingerprint density at radius 2 is 1.45 bits per heavy atom. The largest absolute Gasteiger partial charge is 0.497 e. The number of benzene rings is 2. The van der Waals surface area contributed by atoms with E-state index in [9.17, 15) is 4.79 Å². The summed E-state index contributed by atoms with van der Waals surface area (Å²) in [6.07, 6.45) is 7.11. The molecule has 1 amide bonds. The molecule has 0 unspecified atom stereocenters. The normalized spacial score (nSPS) is 13.9. The van der Waals surface area contributed by atoms with Gasteiger partial charge in [0.05, 0.1) is 14.2 Å². The first-order valence-corrected chi connectivity index (χ1v) is 11.2. The molecule has 7 nitrogen and oxygen atoms in total. The Morgan fingerprint density at radius 3 is 2.06 bits per heavy atom. The van der Waals surface area contributed by atoms with Crippen LogP contribution in [0.4, 0.5) is 0 Å².